The molecular formula is C26H26Cl2N2O5S. The Kier molecular flexibility index (Phi) is 9.89. The smallest absolute Gasteiger partial charge is 0.338 e. The minimum Gasteiger partial charge on any atom is -0.462 e. The average Bonchev–Trinajstić information content (AvgIpc) is 2.85. The molecule has 10 heteroatoms. The molecule has 3 aromatic carbocycles. The SMILES string of the molecule is CCCCOC(=O)c1ccc(NC(=O)CN(Cc2ccc(Cl)cc2)S(=O)(=O)c2ccc(Cl)cc2)cc1. The van der Waals surface area contributed by atoms with E-state index in [9.17, 15) is 18.0 Å². The summed E-state index contributed by atoms with van der Waals surface area (Å²) in [6, 6.07) is 18.6. The van der Waals surface area contributed by atoms with Crippen LogP contribution in [0, 0.1) is 0 Å². The van der Waals surface area contributed by atoms with E-state index in [1.165, 1.54) is 24.3 Å². The third-order valence-electron chi connectivity index (χ3n) is 5.18. The summed E-state index contributed by atoms with van der Waals surface area (Å²) in [6.07, 6.45) is 1.70. The van der Waals surface area contributed by atoms with Crippen molar-refractivity contribution in [3.05, 3.63) is 94.0 Å². The minimum absolute atomic E-state index is 0.0135. The Morgan fingerprint density at radius 2 is 1.47 bits per heavy atom. The second-order valence-corrected chi connectivity index (χ2v) is 10.8. The van der Waals surface area contributed by atoms with Crippen molar-refractivity contribution in [2.24, 2.45) is 0 Å². The number of hydrogen-bond donors (Lipinski definition) is 1. The fourth-order valence-corrected chi connectivity index (χ4v) is 4.85. The van der Waals surface area contributed by atoms with E-state index in [0.29, 0.717) is 33.5 Å². The molecule has 1 N–H and O–H groups in total. The number of hydrogen-bond acceptors (Lipinski definition) is 5. The Bertz CT molecular complexity index is 1280. The van der Waals surface area contributed by atoms with Crippen molar-refractivity contribution in [3.63, 3.8) is 0 Å². The van der Waals surface area contributed by atoms with Gasteiger partial charge in [-0.05, 0) is 72.6 Å². The predicted molar refractivity (Wildman–Crippen MR) is 141 cm³/mol. The summed E-state index contributed by atoms with van der Waals surface area (Å²) in [5.41, 5.74) is 1.44. The first-order valence-electron chi connectivity index (χ1n) is 11.3. The zero-order chi connectivity index (χ0) is 26.1. The number of carbonyl (C=O) groups is 2. The average molecular weight is 549 g/mol. The molecule has 0 saturated carbocycles. The number of ether oxygens (including phenoxy) is 1. The lowest BCUT2D eigenvalue weighted by molar-refractivity contribution is -0.116. The van der Waals surface area contributed by atoms with Gasteiger partial charge in [0.15, 0.2) is 0 Å². The van der Waals surface area contributed by atoms with Gasteiger partial charge in [0.2, 0.25) is 15.9 Å². The van der Waals surface area contributed by atoms with Crippen molar-refractivity contribution in [1.29, 1.82) is 0 Å². The van der Waals surface area contributed by atoms with Crippen LogP contribution in [0.5, 0.6) is 0 Å². The maximum Gasteiger partial charge on any atom is 0.338 e. The van der Waals surface area contributed by atoms with Crippen molar-refractivity contribution in [2.45, 2.75) is 31.2 Å². The molecule has 0 radical (unpaired) electrons. The third-order valence-corrected chi connectivity index (χ3v) is 7.49. The molecule has 7 nitrogen and oxygen atoms in total. The summed E-state index contributed by atoms with van der Waals surface area (Å²) in [5.74, 6) is -0.982. The van der Waals surface area contributed by atoms with E-state index in [-0.39, 0.29) is 11.4 Å². The highest BCUT2D eigenvalue weighted by Crippen LogP contribution is 2.22. The summed E-state index contributed by atoms with van der Waals surface area (Å²) in [7, 11) is -4.02. The number of anilines is 1. The number of esters is 1. The largest absolute Gasteiger partial charge is 0.462 e. The molecule has 36 heavy (non-hydrogen) atoms. The molecule has 0 atom stereocenters. The summed E-state index contributed by atoms with van der Waals surface area (Å²) < 4.78 is 33.0. The van der Waals surface area contributed by atoms with Crippen LogP contribution in [-0.4, -0.2) is 37.8 Å². The first-order chi connectivity index (χ1) is 17.2. The molecule has 0 aliphatic heterocycles. The quantitative estimate of drug-likeness (QED) is 0.242. The molecular weight excluding hydrogens is 523 g/mol. The van der Waals surface area contributed by atoms with Crippen LogP contribution in [0.15, 0.2) is 77.7 Å². The van der Waals surface area contributed by atoms with E-state index in [0.717, 1.165) is 17.1 Å². The first-order valence-corrected chi connectivity index (χ1v) is 13.5. The molecule has 1 amide bonds. The van der Waals surface area contributed by atoms with Crippen LogP contribution in [-0.2, 0) is 26.1 Å². The Balaban J connectivity index is 1.74. The van der Waals surface area contributed by atoms with E-state index >= 15 is 0 Å². The number of carbonyl (C=O) groups excluding carboxylic acids is 2. The zero-order valence-electron chi connectivity index (χ0n) is 19.6. The molecule has 0 heterocycles. The normalized spacial score (nSPS) is 11.3. The van der Waals surface area contributed by atoms with Gasteiger partial charge in [-0.3, -0.25) is 4.79 Å². The van der Waals surface area contributed by atoms with Gasteiger partial charge in [0, 0.05) is 22.3 Å². The third kappa shape index (κ3) is 7.80. The molecule has 0 aliphatic rings. The van der Waals surface area contributed by atoms with Crippen molar-refractivity contribution in [2.75, 3.05) is 18.5 Å². The Labute approximate surface area is 221 Å². The summed E-state index contributed by atoms with van der Waals surface area (Å²) >= 11 is 11.9. The van der Waals surface area contributed by atoms with E-state index in [1.54, 1.807) is 48.5 Å². The van der Waals surface area contributed by atoms with Crippen LogP contribution >= 0.6 is 23.2 Å². The van der Waals surface area contributed by atoms with Crippen LogP contribution in [0.1, 0.15) is 35.7 Å². The molecule has 0 unspecified atom stereocenters. The molecule has 190 valence electrons. The predicted octanol–water partition coefficient (Wildman–Crippen LogP) is 5.78. The molecule has 0 spiro atoms. The van der Waals surface area contributed by atoms with Gasteiger partial charge < -0.3 is 10.1 Å². The fourth-order valence-electron chi connectivity index (χ4n) is 3.22. The number of nitrogens with zero attached hydrogens (tertiary/aromatic N) is 1. The highest BCUT2D eigenvalue weighted by molar-refractivity contribution is 7.89. The monoisotopic (exact) mass is 548 g/mol. The van der Waals surface area contributed by atoms with Gasteiger partial charge in [0.05, 0.1) is 23.6 Å². The maximum atomic E-state index is 13.4. The topological polar surface area (TPSA) is 92.8 Å². The van der Waals surface area contributed by atoms with Crippen LogP contribution in [0.4, 0.5) is 5.69 Å². The number of sulfonamides is 1. The Morgan fingerprint density at radius 1 is 0.889 bits per heavy atom. The van der Waals surface area contributed by atoms with E-state index < -0.39 is 28.4 Å². The van der Waals surface area contributed by atoms with Gasteiger partial charge in [-0.1, -0.05) is 48.7 Å². The van der Waals surface area contributed by atoms with Gasteiger partial charge >= 0.3 is 5.97 Å². The van der Waals surface area contributed by atoms with E-state index in [2.05, 4.69) is 5.32 Å². The van der Waals surface area contributed by atoms with Crippen molar-refractivity contribution in [3.8, 4) is 0 Å². The molecule has 0 aliphatic carbocycles. The highest BCUT2D eigenvalue weighted by Gasteiger charge is 2.27. The molecule has 0 bridgehead atoms. The van der Waals surface area contributed by atoms with Gasteiger partial charge in [0.25, 0.3) is 0 Å². The van der Waals surface area contributed by atoms with Crippen molar-refractivity contribution < 1.29 is 22.7 Å². The molecule has 0 aromatic heterocycles. The lowest BCUT2D eigenvalue weighted by atomic mass is 10.2. The van der Waals surface area contributed by atoms with Crippen molar-refractivity contribution in [1.82, 2.24) is 4.31 Å². The Morgan fingerprint density at radius 3 is 2.06 bits per heavy atom. The fraction of sp³-hybridized carbons (Fsp3) is 0.231. The standard InChI is InChI=1S/C26H26Cl2N2O5S/c1-2-3-16-35-26(32)20-6-12-23(13-7-20)29-25(31)18-30(17-19-4-8-21(27)9-5-19)36(33,34)24-14-10-22(28)11-15-24/h4-15H,2-3,16-18H2,1H3,(H,29,31). The van der Waals surface area contributed by atoms with Gasteiger partial charge in [-0.15, -0.1) is 0 Å². The lowest BCUT2D eigenvalue weighted by Crippen LogP contribution is -2.37. The van der Waals surface area contributed by atoms with Gasteiger partial charge in [-0.25, -0.2) is 13.2 Å². The summed E-state index contributed by atoms with van der Waals surface area (Å²) in [4.78, 5) is 24.9. The number of benzene rings is 3. The molecule has 3 aromatic rings. The second kappa shape index (κ2) is 12.9. The number of nitrogens with one attached hydrogen (secondary N) is 1. The van der Waals surface area contributed by atoms with Crippen LogP contribution < -0.4 is 5.32 Å². The maximum absolute atomic E-state index is 13.4. The first kappa shape index (κ1) is 27.7. The highest BCUT2D eigenvalue weighted by atomic mass is 35.5. The zero-order valence-corrected chi connectivity index (χ0v) is 21.9. The van der Waals surface area contributed by atoms with E-state index in [4.69, 9.17) is 27.9 Å². The number of halogens is 2. The van der Waals surface area contributed by atoms with Gasteiger partial charge in [0.1, 0.15) is 0 Å². The van der Waals surface area contributed by atoms with Crippen LogP contribution in [0.2, 0.25) is 10.0 Å². The molecule has 0 fully saturated rings. The van der Waals surface area contributed by atoms with Crippen LogP contribution in [0.25, 0.3) is 0 Å². The number of amides is 1. The van der Waals surface area contributed by atoms with E-state index in [1.807, 2.05) is 6.92 Å². The Hall–Kier alpha value is -2.91. The molecule has 0 saturated heterocycles. The minimum atomic E-state index is -4.02. The lowest BCUT2D eigenvalue weighted by Gasteiger charge is -2.22. The van der Waals surface area contributed by atoms with Crippen molar-refractivity contribution >= 4 is 50.8 Å². The number of unbranched alkanes of at least 4 members (excludes halogenated alkanes) is 1. The molecule has 3 rings (SSSR count). The summed E-state index contributed by atoms with van der Waals surface area (Å²) in [6.45, 7) is 1.87. The van der Waals surface area contributed by atoms with Gasteiger partial charge in [-0.2, -0.15) is 4.31 Å². The van der Waals surface area contributed by atoms with Crippen LogP contribution in [0.3, 0.4) is 0 Å². The number of rotatable bonds is 11. The second-order valence-electron chi connectivity index (χ2n) is 7.97. The summed E-state index contributed by atoms with van der Waals surface area (Å²) in [5, 5.41) is 3.59.